The second kappa shape index (κ2) is 11.5. The molecule has 0 aliphatic heterocycles. The van der Waals surface area contributed by atoms with Crippen LogP contribution in [0.5, 0.6) is 11.5 Å². The van der Waals surface area contributed by atoms with E-state index in [9.17, 15) is 13.6 Å². The Morgan fingerprint density at radius 1 is 0.921 bits per heavy atom. The molecule has 0 saturated carbocycles. The SMILES string of the molecule is CCOC(=O)C(C)(C)Oc1ccc(OCCc2nc(-c3ccc(-c4c(F)cccc4F)cc3)oc2C)cc1. The first kappa shape index (κ1) is 26.9. The average Bonchev–Trinajstić information content (AvgIpc) is 3.25. The number of aromatic nitrogens is 1. The van der Waals surface area contributed by atoms with E-state index >= 15 is 0 Å². The van der Waals surface area contributed by atoms with E-state index in [0.29, 0.717) is 47.3 Å². The van der Waals surface area contributed by atoms with Crippen LogP contribution in [0.15, 0.2) is 71.1 Å². The minimum absolute atomic E-state index is 0.0669. The molecule has 0 bridgehead atoms. The summed E-state index contributed by atoms with van der Waals surface area (Å²) in [6.07, 6.45) is 0.516. The van der Waals surface area contributed by atoms with Crippen molar-refractivity contribution >= 4 is 5.97 Å². The minimum atomic E-state index is -1.10. The highest BCUT2D eigenvalue weighted by molar-refractivity contribution is 5.79. The van der Waals surface area contributed by atoms with Crippen LogP contribution in [0, 0.1) is 18.6 Å². The lowest BCUT2D eigenvalue weighted by Gasteiger charge is -2.24. The molecular weight excluding hydrogens is 492 g/mol. The maximum atomic E-state index is 14.1. The number of carbonyl (C=O) groups is 1. The summed E-state index contributed by atoms with van der Waals surface area (Å²) in [5.74, 6) is 0.586. The van der Waals surface area contributed by atoms with Crippen LogP contribution >= 0.6 is 0 Å². The molecule has 8 heteroatoms. The Morgan fingerprint density at radius 2 is 1.53 bits per heavy atom. The Hall–Kier alpha value is -4.20. The predicted molar refractivity (Wildman–Crippen MR) is 139 cm³/mol. The fourth-order valence-electron chi connectivity index (χ4n) is 3.85. The van der Waals surface area contributed by atoms with Crippen LogP contribution in [0.4, 0.5) is 8.78 Å². The summed E-state index contributed by atoms with van der Waals surface area (Å²) in [6, 6.07) is 17.5. The molecule has 0 saturated heterocycles. The predicted octanol–water partition coefficient (Wildman–Crippen LogP) is 6.94. The average molecular weight is 522 g/mol. The number of nitrogens with zero attached hydrogens (tertiary/aromatic N) is 1. The lowest BCUT2D eigenvalue weighted by Crippen LogP contribution is -2.39. The quantitative estimate of drug-likeness (QED) is 0.211. The summed E-state index contributed by atoms with van der Waals surface area (Å²) in [7, 11) is 0. The number of aryl methyl sites for hydroxylation is 1. The molecule has 6 nitrogen and oxygen atoms in total. The molecule has 0 spiro atoms. The molecule has 0 radical (unpaired) electrons. The van der Waals surface area contributed by atoms with Crippen LogP contribution in [-0.4, -0.2) is 29.8 Å². The monoisotopic (exact) mass is 521 g/mol. The third kappa shape index (κ3) is 6.19. The van der Waals surface area contributed by atoms with Crippen molar-refractivity contribution in [2.45, 2.75) is 39.7 Å². The Morgan fingerprint density at radius 3 is 2.16 bits per heavy atom. The van der Waals surface area contributed by atoms with Crippen molar-refractivity contribution in [3.63, 3.8) is 0 Å². The zero-order chi connectivity index (χ0) is 27.3. The van der Waals surface area contributed by atoms with Gasteiger partial charge in [-0.05, 0) is 81.8 Å². The van der Waals surface area contributed by atoms with Crippen molar-refractivity contribution in [1.82, 2.24) is 4.98 Å². The van der Waals surface area contributed by atoms with Gasteiger partial charge in [-0.25, -0.2) is 18.6 Å². The first-order valence-corrected chi connectivity index (χ1v) is 12.3. The molecule has 1 heterocycles. The second-order valence-electron chi connectivity index (χ2n) is 9.10. The molecule has 0 N–H and O–H groups in total. The van der Waals surface area contributed by atoms with Gasteiger partial charge < -0.3 is 18.6 Å². The van der Waals surface area contributed by atoms with Crippen LogP contribution in [-0.2, 0) is 16.0 Å². The number of halogens is 2. The van der Waals surface area contributed by atoms with Crippen molar-refractivity contribution in [2.75, 3.05) is 13.2 Å². The van der Waals surface area contributed by atoms with Gasteiger partial charge in [0, 0.05) is 12.0 Å². The fourth-order valence-corrected chi connectivity index (χ4v) is 3.85. The molecular formula is C30H29F2NO5. The number of hydrogen-bond donors (Lipinski definition) is 0. The number of carbonyl (C=O) groups excluding carboxylic acids is 1. The minimum Gasteiger partial charge on any atom is -0.493 e. The van der Waals surface area contributed by atoms with Gasteiger partial charge in [0.25, 0.3) is 0 Å². The van der Waals surface area contributed by atoms with E-state index < -0.39 is 23.2 Å². The van der Waals surface area contributed by atoms with Crippen molar-refractivity contribution < 1.29 is 32.2 Å². The van der Waals surface area contributed by atoms with Crippen molar-refractivity contribution in [3.8, 4) is 34.1 Å². The van der Waals surface area contributed by atoms with Gasteiger partial charge in [-0.3, -0.25) is 0 Å². The number of rotatable bonds is 10. The molecule has 0 fully saturated rings. The first-order valence-electron chi connectivity index (χ1n) is 12.3. The molecule has 0 unspecified atom stereocenters. The molecule has 0 amide bonds. The maximum absolute atomic E-state index is 14.1. The summed E-state index contributed by atoms with van der Waals surface area (Å²) in [4.78, 5) is 16.6. The summed E-state index contributed by atoms with van der Waals surface area (Å²) in [5.41, 5.74) is 0.710. The standard InChI is InChI=1S/C30H29F2NO5/c1-5-35-29(34)30(3,4)38-23-15-13-22(14-16-23)36-18-17-26-19(2)37-28(33-26)21-11-9-20(10-12-21)27-24(31)7-6-8-25(27)32/h6-16H,5,17-18H2,1-4H3. The smallest absolute Gasteiger partial charge is 0.349 e. The van der Waals surface area contributed by atoms with Gasteiger partial charge in [-0.15, -0.1) is 0 Å². The highest BCUT2D eigenvalue weighted by Gasteiger charge is 2.31. The summed E-state index contributed by atoms with van der Waals surface area (Å²) < 4.78 is 50.6. The second-order valence-corrected chi connectivity index (χ2v) is 9.10. The van der Waals surface area contributed by atoms with E-state index in [4.69, 9.17) is 18.6 Å². The Balaban J connectivity index is 1.35. The summed E-state index contributed by atoms with van der Waals surface area (Å²) >= 11 is 0. The van der Waals surface area contributed by atoms with Gasteiger partial charge in [-0.1, -0.05) is 18.2 Å². The lowest BCUT2D eigenvalue weighted by molar-refractivity contribution is -0.158. The zero-order valence-electron chi connectivity index (χ0n) is 21.7. The van der Waals surface area contributed by atoms with Gasteiger partial charge >= 0.3 is 5.97 Å². The van der Waals surface area contributed by atoms with Gasteiger partial charge in [0.1, 0.15) is 28.9 Å². The molecule has 4 rings (SSSR count). The van der Waals surface area contributed by atoms with E-state index in [2.05, 4.69) is 4.98 Å². The first-order chi connectivity index (χ1) is 18.2. The molecule has 0 aliphatic rings. The van der Waals surface area contributed by atoms with E-state index in [1.807, 2.05) is 6.92 Å². The maximum Gasteiger partial charge on any atom is 0.349 e. The fraction of sp³-hybridized carbons (Fsp3) is 0.267. The van der Waals surface area contributed by atoms with Crippen LogP contribution in [0.1, 0.15) is 32.2 Å². The van der Waals surface area contributed by atoms with Crippen LogP contribution < -0.4 is 9.47 Å². The zero-order valence-corrected chi connectivity index (χ0v) is 21.7. The molecule has 1 aromatic heterocycles. The molecule has 4 aromatic rings. The molecule has 198 valence electrons. The van der Waals surface area contributed by atoms with Gasteiger partial charge in [0.05, 0.1) is 24.5 Å². The van der Waals surface area contributed by atoms with Gasteiger partial charge in [0.2, 0.25) is 5.89 Å². The Labute approximate surface area is 220 Å². The van der Waals surface area contributed by atoms with Crippen LogP contribution in [0.2, 0.25) is 0 Å². The lowest BCUT2D eigenvalue weighted by atomic mass is 10.0. The summed E-state index contributed by atoms with van der Waals surface area (Å²) in [6.45, 7) is 7.53. The third-order valence-electron chi connectivity index (χ3n) is 5.85. The highest BCUT2D eigenvalue weighted by Crippen LogP contribution is 2.29. The largest absolute Gasteiger partial charge is 0.493 e. The van der Waals surface area contributed by atoms with E-state index in [-0.39, 0.29) is 12.2 Å². The summed E-state index contributed by atoms with van der Waals surface area (Å²) in [5, 5.41) is 0. The molecule has 0 aliphatic carbocycles. The Bertz CT molecular complexity index is 1380. The number of hydrogen-bond acceptors (Lipinski definition) is 6. The normalized spacial score (nSPS) is 11.3. The molecule has 0 atom stereocenters. The van der Waals surface area contributed by atoms with E-state index in [1.165, 1.54) is 18.2 Å². The highest BCUT2D eigenvalue weighted by atomic mass is 19.1. The Kier molecular flexibility index (Phi) is 8.10. The van der Waals surface area contributed by atoms with E-state index in [0.717, 1.165) is 5.69 Å². The van der Waals surface area contributed by atoms with Crippen molar-refractivity contribution in [2.24, 2.45) is 0 Å². The van der Waals surface area contributed by atoms with Crippen molar-refractivity contribution in [1.29, 1.82) is 0 Å². The topological polar surface area (TPSA) is 70.8 Å². The van der Waals surface area contributed by atoms with Gasteiger partial charge in [0.15, 0.2) is 5.60 Å². The number of ether oxygens (including phenoxy) is 3. The molecule has 3 aromatic carbocycles. The number of oxazole rings is 1. The van der Waals surface area contributed by atoms with Crippen LogP contribution in [0.25, 0.3) is 22.6 Å². The van der Waals surface area contributed by atoms with Gasteiger partial charge in [-0.2, -0.15) is 0 Å². The number of esters is 1. The number of benzene rings is 3. The third-order valence-corrected chi connectivity index (χ3v) is 5.85. The van der Waals surface area contributed by atoms with Crippen LogP contribution in [0.3, 0.4) is 0 Å². The molecule has 38 heavy (non-hydrogen) atoms. The van der Waals surface area contributed by atoms with E-state index in [1.54, 1.807) is 69.3 Å². The van der Waals surface area contributed by atoms with Crippen molar-refractivity contribution in [3.05, 3.63) is 89.8 Å².